The molecule has 0 aromatic rings. The summed E-state index contributed by atoms with van der Waals surface area (Å²) in [6, 6.07) is 0. The maximum atomic E-state index is 12.0. The van der Waals surface area contributed by atoms with Crippen LogP contribution in [0.1, 0.15) is 19.3 Å². The predicted octanol–water partition coefficient (Wildman–Crippen LogP) is -0.380. The first kappa shape index (κ1) is 14.8. The van der Waals surface area contributed by atoms with Gasteiger partial charge in [0.25, 0.3) is 0 Å². The highest BCUT2D eigenvalue weighted by atomic mass is 16.4. The van der Waals surface area contributed by atoms with E-state index in [-0.39, 0.29) is 25.4 Å². The van der Waals surface area contributed by atoms with Crippen LogP contribution in [0.3, 0.4) is 0 Å². The van der Waals surface area contributed by atoms with Gasteiger partial charge in [0.05, 0.1) is 18.4 Å². The van der Waals surface area contributed by atoms with Crippen molar-refractivity contribution in [3.05, 3.63) is 0 Å². The number of piperidine rings is 1. The van der Waals surface area contributed by atoms with E-state index in [2.05, 4.69) is 5.32 Å². The summed E-state index contributed by atoms with van der Waals surface area (Å²) in [4.78, 5) is 35.6. The van der Waals surface area contributed by atoms with Gasteiger partial charge in [-0.3, -0.25) is 14.4 Å². The van der Waals surface area contributed by atoms with E-state index in [9.17, 15) is 14.4 Å². The SMILES string of the molecule is O=C(O)C1CCN(C(=O)CNCC2CC2)CC1C(=O)O. The van der Waals surface area contributed by atoms with Crippen molar-refractivity contribution in [2.75, 3.05) is 26.2 Å². The van der Waals surface area contributed by atoms with Crippen molar-refractivity contribution in [1.82, 2.24) is 10.2 Å². The number of rotatable bonds is 6. The van der Waals surface area contributed by atoms with Crippen molar-refractivity contribution in [1.29, 1.82) is 0 Å². The molecule has 1 aliphatic carbocycles. The zero-order valence-corrected chi connectivity index (χ0v) is 11.2. The second-order valence-electron chi connectivity index (χ2n) is 5.59. The Labute approximate surface area is 116 Å². The number of carbonyl (C=O) groups is 3. The number of likely N-dealkylation sites (tertiary alicyclic amines) is 1. The van der Waals surface area contributed by atoms with Gasteiger partial charge < -0.3 is 20.4 Å². The van der Waals surface area contributed by atoms with E-state index in [0.29, 0.717) is 12.5 Å². The number of nitrogens with zero attached hydrogens (tertiary/aromatic N) is 1. The zero-order valence-electron chi connectivity index (χ0n) is 11.2. The molecule has 112 valence electrons. The molecule has 2 rings (SSSR count). The Kier molecular flexibility index (Phi) is 4.59. The fourth-order valence-corrected chi connectivity index (χ4v) is 2.54. The van der Waals surface area contributed by atoms with Crippen LogP contribution in [0.25, 0.3) is 0 Å². The minimum Gasteiger partial charge on any atom is -0.481 e. The molecule has 0 bridgehead atoms. The molecule has 1 aliphatic heterocycles. The monoisotopic (exact) mass is 284 g/mol. The van der Waals surface area contributed by atoms with Gasteiger partial charge >= 0.3 is 11.9 Å². The Morgan fingerprint density at radius 3 is 2.25 bits per heavy atom. The number of hydrogen-bond donors (Lipinski definition) is 3. The van der Waals surface area contributed by atoms with Gasteiger partial charge in [-0.2, -0.15) is 0 Å². The standard InChI is InChI=1S/C13H20N2O5/c16-11(6-14-5-8-1-2-8)15-4-3-9(12(17)18)10(7-15)13(19)20/h8-10,14H,1-7H2,(H,17,18)(H,19,20). The number of carbonyl (C=O) groups excluding carboxylic acids is 1. The van der Waals surface area contributed by atoms with Crippen molar-refractivity contribution >= 4 is 17.8 Å². The molecule has 2 fully saturated rings. The third-order valence-corrected chi connectivity index (χ3v) is 4.01. The summed E-state index contributed by atoms with van der Waals surface area (Å²) in [7, 11) is 0. The molecule has 1 heterocycles. The lowest BCUT2D eigenvalue weighted by molar-refractivity contribution is -0.159. The lowest BCUT2D eigenvalue weighted by Gasteiger charge is -2.34. The van der Waals surface area contributed by atoms with Gasteiger partial charge in [0.1, 0.15) is 0 Å². The summed E-state index contributed by atoms with van der Waals surface area (Å²) in [5.41, 5.74) is 0. The molecule has 2 unspecified atom stereocenters. The summed E-state index contributed by atoms with van der Waals surface area (Å²) in [6.07, 6.45) is 2.60. The van der Waals surface area contributed by atoms with Crippen LogP contribution in [0.5, 0.6) is 0 Å². The highest BCUT2D eigenvalue weighted by Gasteiger charge is 2.39. The van der Waals surface area contributed by atoms with Crippen LogP contribution in [0.15, 0.2) is 0 Å². The Morgan fingerprint density at radius 2 is 1.70 bits per heavy atom. The molecule has 2 aliphatic rings. The highest BCUT2D eigenvalue weighted by molar-refractivity contribution is 5.83. The highest BCUT2D eigenvalue weighted by Crippen LogP contribution is 2.27. The Balaban J connectivity index is 1.84. The molecule has 0 aromatic heterocycles. The number of amides is 1. The van der Waals surface area contributed by atoms with Gasteiger partial charge in [-0.1, -0.05) is 0 Å². The average molecular weight is 284 g/mol. The van der Waals surface area contributed by atoms with E-state index in [1.807, 2.05) is 0 Å². The van der Waals surface area contributed by atoms with Crippen molar-refractivity contribution in [2.45, 2.75) is 19.3 Å². The number of carboxylic acids is 2. The summed E-state index contributed by atoms with van der Waals surface area (Å²) in [6.45, 7) is 1.31. The van der Waals surface area contributed by atoms with E-state index in [1.165, 1.54) is 17.7 Å². The van der Waals surface area contributed by atoms with Crippen LogP contribution in [0.2, 0.25) is 0 Å². The number of aliphatic carboxylic acids is 2. The van der Waals surface area contributed by atoms with E-state index in [4.69, 9.17) is 10.2 Å². The molecule has 20 heavy (non-hydrogen) atoms. The van der Waals surface area contributed by atoms with E-state index in [1.54, 1.807) is 0 Å². The fourth-order valence-electron chi connectivity index (χ4n) is 2.54. The van der Waals surface area contributed by atoms with Crippen molar-refractivity contribution in [2.24, 2.45) is 17.8 Å². The molecule has 1 amide bonds. The van der Waals surface area contributed by atoms with Gasteiger partial charge in [-0.05, 0) is 31.7 Å². The lowest BCUT2D eigenvalue weighted by Crippen LogP contribution is -2.50. The summed E-state index contributed by atoms with van der Waals surface area (Å²) < 4.78 is 0. The minimum absolute atomic E-state index is 0.0176. The molecular formula is C13H20N2O5. The molecule has 0 spiro atoms. The second kappa shape index (κ2) is 6.21. The molecule has 7 nitrogen and oxygen atoms in total. The van der Waals surface area contributed by atoms with Crippen LogP contribution < -0.4 is 5.32 Å². The molecule has 0 aromatic carbocycles. The van der Waals surface area contributed by atoms with Crippen LogP contribution >= 0.6 is 0 Å². The van der Waals surface area contributed by atoms with Crippen LogP contribution in [-0.2, 0) is 14.4 Å². The predicted molar refractivity (Wildman–Crippen MR) is 69.0 cm³/mol. The summed E-state index contributed by atoms with van der Waals surface area (Å²) >= 11 is 0. The van der Waals surface area contributed by atoms with Gasteiger partial charge in [0.2, 0.25) is 5.91 Å². The fraction of sp³-hybridized carbons (Fsp3) is 0.769. The number of hydrogen-bond acceptors (Lipinski definition) is 4. The largest absolute Gasteiger partial charge is 0.481 e. The molecular weight excluding hydrogens is 264 g/mol. The van der Waals surface area contributed by atoms with Crippen molar-refractivity contribution in [3.63, 3.8) is 0 Å². The Bertz CT molecular complexity index is 408. The van der Waals surface area contributed by atoms with Crippen molar-refractivity contribution < 1.29 is 24.6 Å². The molecule has 1 saturated heterocycles. The van der Waals surface area contributed by atoms with Crippen LogP contribution in [0.4, 0.5) is 0 Å². The third kappa shape index (κ3) is 3.69. The number of carboxylic acid groups (broad SMARTS) is 2. The van der Waals surface area contributed by atoms with Gasteiger partial charge in [-0.15, -0.1) is 0 Å². The maximum Gasteiger partial charge on any atom is 0.309 e. The van der Waals surface area contributed by atoms with Crippen LogP contribution in [-0.4, -0.2) is 59.1 Å². The first-order valence-electron chi connectivity index (χ1n) is 6.93. The Morgan fingerprint density at radius 1 is 1.05 bits per heavy atom. The smallest absolute Gasteiger partial charge is 0.309 e. The minimum atomic E-state index is -1.15. The first-order valence-corrected chi connectivity index (χ1v) is 6.93. The first-order chi connectivity index (χ1) is 9.49. The summed E-state index contributed by atoms with van der Waals surface area (Å²) in [5.74, 6) is -3.66. The Hall–Kier alpha value is -1.63. The molecule has 0 radical (unpaired) electrons. The van der Waals surface area contributed by atoms with Gasteiger partial charge in [0, 0.05) is 13.1 Å². The van der Waals surface area contributed by atoms with E-state index >= 15 is 0 Å². The molecule has 7 heteroatoms. The molecule has 1 saturated carbocycles. The zero-order chi connectivity index (χ0) is 14.7. The molecule has 2 atom stereocenters. The van der Waals surface area contributed by atoms with Gasteiger partial charge in [-0.25, -0.2) is 0 Å². The third-order valence-electron chi connectivity index (χ3n) is 4.01. The number of nitrogens with one attached hydrogen (secondary N) is 1. The average Bonchev–Trinajstić information content (AvgIpc) is 3.21. The lowest BCUT2D eigenvalue weighted by atomic mass is 9.85. The van der Waals surface area contributed by atoms with Crippen LogP contribution in [0, 0.1) is 17.8 Å². The quantitative estimate of drug-likeness (QED) is 0.614. The van der Waals surface area contributed by atoms with E-state index in [0.717, 1.165) is 6.54 Å². The topological polar surface area (TPSA) is 107 Å². The van der Waals surface area contributed by atoms with E-state index < -0.39 is 23.8 Å². The summed E-state index contributed by atoms with van der Waals surface area (Å²) in [5, 5.41) is 21.2. The second-order valence-corrected chi connectivity index (χ2v) is 5.59. The maximum absolute atomic E-state index is 12.0. The molecule has 3 N–H and O–H groups in total. The normalized spacial score (nSPS) is 26.3. The van der Waals surface area contributed by atoms with Crippen molar-refractivity contribution in [3.8, 4) is 0 Å². The van der Waals surface area contributed by atoms with Gasteiger partial charge in [0.15, 0.2) is 0 Å².